The lowest BCUT2D eigenvalue weighted by atomic mass is 9.82. The first-order valence-corrected chi connectivity index (χ1v) is 8.79. The van der Waals surface area contributed by atoms with Gasteiger partial charge in [0.15, 0.2) is 12.2 Å². The molecule has 0 bridgehead atoms. The summed E-state index contributed by atoms with van der Waals surface area (Å²) in [5.41, 5.74) is 0.681. The summed E-state index contributed by atoms with van der Waals surface area (Å²) in [4.78, 5) is 25.1. The lowest BCUT2D eigenvalue weighted by Gasteiger charge is -2.26. The Balaban J connectivity index is 1.50. The number of aliphatic hydroxyl groups excluding tert-OH is 1. The minimum Gasteiger partial charge on any atom is -0.442 e. The normalized spacial score (nSPS) is 20.2. The van der Waals surface area contributed by atoms with E-state index in [2.05, 4.69) is 20.3 Å². The second-order valence-electron chi connectivity index (χ2n) is 6.74. The van der Waals surface area contributed by atoms with Gasteiger partial charge in [-0.15, -0.1) is 0 Å². The number of nitrogens with zero attached hydrogens (tertiary/aromatic N) is 3. The maximum atomic E-state index is 12.5. The summed E-state index contributed by atoms with van der Waals surface area (Å²) in [6, 6.07) is 3.73. The first-order valence-electron chi connectivity index (χ1n) is 8.79. The molecule has 3 heterocycles. The summed E-state index contributed by atoms with van der Waals surface area (Å²) < 4.78 is 5.28. The number of nitrogens with one attached hydrogen (secondary N) is 1. The van der Waals surface area contributed by atoms with E-state index in [0.717, 1.165) is 36.5 Å². The van der Waals surface area contributed by atoms with Crippen molar-refractivity contribution in [2.45, 2.75) is 25.7 Å². The van der Waals surface area contributed by atoms with Crippen LogP contribution >= 0.6 is 0 Å². The molecule has 0 aliphatic heterocycles. The van der Waals surface area contributed by atoms with Crippen LogP contribution in [0.25, 0.3) is 22.2 Å². The summed E-state index contributed by atoms with van der Waals surface area (Å²) in [5, 5.41) is 13.9. The van der Waals surface area contributed by atoms with Crippen LogP contribution < -0.4 is 5.32 Å². The number of pyridine rings is 2. The fourth-order valence-electron chi connectivity index (χ4n) is 3.42. The van der Waals surface area contributed by atoms with E-state index in [4.69, 9.17) is 4.42 Å². The fourth-order valence-corrected chi connectivity index (χ4v) is 3.42. The van der Waals surface area contributed by atoms with Crippen molar-refractivity contribution >= 4 is 22.5 Å². The number of carbonyl (C=O) groups excluding carboxylic acids is 1. The molecule has 26 heavy (non-hydrogen) atoms. The number of hydrogen-bond acceptors (Lipinski definition) is 6. The fraction of sp³-hybridized carbons (Fsp3) is 0.368. The zero-order chi connectivity index (χ0) is 17.9. The van der Waals surface area contributed by atoms with E-state index < -0.39 is 0 Å². The minimum absolute atomic E-state index is 0.00208. The van der Waals surface area contributed by atoms with E-state index >= 15 is 0 Å². The molecule has 0 saturated heterocycles. The number of rotatable bonds is 4. The van der Waals surface area contributed by atoms with Crippen molar-refractivity contribution in [2.75, 3.05) is 11.9 Å². The average molecular weight is 352 g/mol. The SMILES string of the molecule is O=C(Nc1cc2cc(-c3cnco3)ncc2cn1)[C@H]1CC[C@H](CO)CC1. The molecule has 1 aliphatic carbocycles. The zero-order valence-electron chi connectivity index (χ0n) is 14.3. The Morgan fingerprint density at radius 1 is 1.12 bits per heavy atom. The summed E-state index contributed by atoms with van der Waals surface area (Å²) in [7, 11) is 0. The molecule has 0 radical (unpaired) electrons. The van der Waals surface area contributed by atoms with E-state index in [1.54, 1.807) is 18.6 Å². The number of oxazole rings is 1. The van der Waals surface area contributed by atoms with Gasteiger partial charge in [0.2, 0.25) is 5.91 Å². The largest absolute Gasteiger partial charge is 0.442 e. The minimum atomic E-state index is -0.0162. The van der Waals surface area contributed by atoms with Crippen LogP contribution in [0.1, 0.15) is 25.7 Å². The highest BCUT2D eigenvalue weighted by atomic mass is 16.3. The van der Waals surface area contributed by atoms with Gasteiger partial charge in [0.1, 0.15) is 11.5 Å². The molecule has 7 heteroatoms. The van der Waals surface area contributed by atoms with E-state index in [0.29, 0.717) is 23.2 Å². The van der Waals surface area contributed by atoms with Crippen molar-refractivity contribution in [1.29, 1.82) is 0 Å². The monoisotopic (exact) mass is 352 g/mol. The van der Waals surface area contributed by atoms with Crippen molar-refractivity contribution < 1.29 is 14.3 Å². The van der Waals surface area contributed by atoms with Crippen molar-refractivity contribution in [1.82, 2.24) is 15.0 Å². The molecule has 7 nitrogen and oxygen atoms in total. The molecule has 1 amide bonds. The third-order valence-corrected chi connectivity index (χ3v) is 5.02. The highest BCUT2D eigenvalue weighted by Gasteiger charge is 2.26. The molecule has 2 N–H and O–H groups in total. The molecule has 0 aromatic carbocycles. The van der Waals surface area contributed by atoms with Gasteiger partial charge in [0, 0.05) is 30.3 Å². The van der Waals surface area contributed by atoms with Crippen molar-refractivity contribution in [3.05, 3.63) is 37.1 Å². The number of anilines is 1. The first-order chi connectivity index (χ1) is 12.7. The number of hydrogen-bond donors (Lipinski definition) is 2. The van der Waals surface area contributed by atoms with Gasteiger partial charge < -0.3 is 14.8 Å². The third kappa shape index (κ3) is 3.43. The Morgan fingerprint density at radius 2 is 1.92 bits per heavy atom. The summed E-state index contributed by atoms with van der Waals surface area (Å²) in [6.45, 7) is 0.210. The topological polar surface area (TPSA) is 101 Å². The molecular weight excluding hydrogens is 332 g/mol. The quantitative estimate of drug-likeness (QED) is 0.748. The van der Waals surface area contributed by atoms with Gasteiger partial charge in [-0.3, -0.25) is 9.78 Å². The Morgan fingerprint density at radius 3 is 2.65 bits per heavy atom. The maximum Gasteiger partial charge on any atom is 0.228 e. The molecular formula is C19H20N4O3. The summed E-state index contributed by atoms with van der Waals surface area (Å²) in [6.07, 6.45) is 9.81. The predicted molar refractivity (Wildman–Crippen MR) is 96.2 cm³/mol. The van der Waals surface area contributed by atoms with Crippen LogP contribution in [0.2, 0.25) is 0 Å². The standard InChI is InChI=1S/C19H20N4O3/c24-10-12-1-3-13(4-2-12)19(25)23-18-6-14-5-16(17-9-20-11-26-17)21-7-15(14)8-22-18/h5-9,11-13,24H,1-4,10H2,(H,22,23,25)/t12-,13-. The molecule has 1 fully saturated rings. The van der Waals surface area contributed by atoms with Crippen LogP contribution in [-0.2, 0) is 4.79 Å². The second-order valence-corrected chi connectivity index (χ2v) is 6.74. The molecule has 4 rings (SSSR count). The molecule has 0 unspecified atom stereocenters. The van der Waals surface area contributed by atoms with Crippen LogP contribution in [0, 0.1) is 11.8 Å². The number of fused-ring (bicyclic) bond motifs is 1. The average Bonchev–Trinajstić information content (AvgIpc) is 3.22. The van der Waals surface area contributed by atoms with Gasteiger partial charge in [-0.2, -0.15) is 0 Å². The Hall–Kier alpha value is -2.80. The highest BCUT2D eigenvalue weighted by molar-refractivity contribution is 5.94. The lowest BCUT2D eigenvalue weighted by molar-refractivity contribution is -0.121. The third-order valence-electron chi connectivity index (χ3n) is 5.02. The maximum absolute atomic E-state index is 12.5. The predicted octanol–water partition coefficient (Wildman–Crippen LogP) is 3.02. The van der Waals surface area contributed by atoms with Gasteiger partial charge in [0.05, 0.1) is 6.20 Å². The van der Waals surface area contributed by atoms with E-state index in [1.165, 1.54) is 6.39 Å². The van der Waals surface area contributed by atoms with E-state index in [9.17, 15) is 9.90 Å². The van der Waals surface area contributed by atoms with Crippen molar-refractivity contribution in [3.63, 3.8) is 0 Å². The first kappa shape index (κ1) is 16.7. The van der Waals surface area contributed by atoms with E-state index in [1.807, 2.05) is 12.1 Å². The number of carbonyl (C=O) groups is 1. The number of amides is 1. The number of aromatic nitrogens is 3. The molecule has 3 aromatic rings. The summed E-state index contributed by atoms with van der Waals surface area (Å²) >= 11 is 0. The number of aliphatic hydroxyl groups is 1. The summed E-state index contributed by atoms with van der Waals surface area (Å²) in [5.74, 6) is 1.44. The van der Waals surface area contributed by atoms with Gasteiger partial charge in [-0.05, 0) is 49.1 Å². The van der Waals surface area contributed by atoms with Crippen molar-refractivity contribution in [3.8, 4) is 11.5 Å². The molecule has 1 aliphatic rings. The van der Waals surface area contributed by atoms with Crippen LogP contribution in [0.15, 0.2) is 41.5 Å². The molecule has 0 atom stereocenters. The second kappa shape index (κ2) is 7.21. The van der Waals surface area contributed by atoms with Gasteiger partial charge in [-0.25, -0.2) is 9.97 Å². The van der Waals surface area contributed by atoms with Crippen LogP contribution in [-0.4, -0.2) is 32.6 Å². The zero-order valence-corrected chi connectivity index (χ0v) is 14.3. The van der Waals surface area contributed by atoms with Gasteiger partial charge in [-0.1, -0.05) is 0 Å². The van der Waals surface area contributed by atoms with Crippen LogP contribution in [0.4, 0.5) is 5.82 Å². The molecule has 0 spiro atoms. The Kier molecular flexibility index (Phi) is 4.62. The lowest BCUT2D eigenvalue weighted by Crippen LogP contribution is -2.28. The van der Waals surface area contributed by atoms with Crippen LogP contribution in [0.5, 0.6) is 0 Å². The van der Waals surface area contributed by atoms with Crippen LogP contribution in [0.3, 0.4) is 0 Å². The highest BCUT2D eigenvalue weighted by Crippen LogP contribution is 2.29. The smallest absolute Gasteiger partial charge is 0.228 e. The Bertz CT molecular complexity index is 902. The van der Waals surface area contributed by atoms with Crippen molar-refractivity contribution in [2.24, 2.45) is 11.8 Å². The van der Waals surface area contributed by atoms with Gasteiger partial charge in [0.25, 0.3) is 0 Å². The molecule has 1 saturated carbocycles. The Labute approximate surface area is 150 Å². The van der Waals surface area contributed by atoms with E-state index in [-0.39, 0.29) is 18.4 Å². The van der Waals surface area contributed by atoms with Gasteiger partial charge >= 0.3 is 0 Å². The molecule has 134 valence electrons. The molecule has 3 aromatic heterocycles.